The van der Waals surface area contributed by atoms with Crippen LogP contribution in [0.2, 0.25) is 5.02 Å². The number of rotatable bonds is 4. The highest BCUT2D eigenvalue weighted by atomic mass is 35.5. The summed E-state index contributed by atoms with van der Waals surface area (Å²) in [6.07, 6.45) is 0. The molecule has 0 unspecified atom stereocenters. The Kier molecular flexibility index (Phi) is 5.79. The van der Waals surface area contributed by atoms with Crippen molar-refractivity contribution >= 4 is 29.0 Å². The highest BCUT2D eigenvalue weighted by Gasteiger charge is 2.13. The van der Waals surface area contributed by atoms with E-state index in [0.717, 1.165) is 31.9 Å². The van der Waals surface area contributed by atoms with E-state index in [2.05, 4.69) is 39.8 Å². The van der Waals surface area contributed by atoms with E-state index in [1.807, 2.05) is 6.92 Å². The van der Waals surface area contributed by atoms with Gasteiger partial charge in [-0.05, 0) is 48.9 Å². The van der Waals surface area contributed by atoms with Crippen LogP contribution in [0.3, 0.4) is 0 Å². The summed E-state index contributed by atoms with van der Waals surface area (Å²) in [4.78, 5) is 14.4. The number of hydrogen-bond donors (Lipinski definition) is 2. The lowest BCUT2D eigenvalue weighted by Crippen LogP contribution is -2.36. The molecular formula is C19H22ClN3O2. The van der Waals surface area contributed by atoms with Gasteiger partial charge in [-0.3, -0.25) is 0 Å². The molecule has 0 saturated carbocycles. The Labute approximate surface area is 152 Å². The second kappa shape index (κ2) is 8.23. The monoisotopic (exact) mass is 359 g/mol. The minimum Gasteiger partial charge on any atom is -0.378 e. The van der Waals surface area contributed by atoms with Gasteiger partial charge in [0.05, 0.1) is 19.3 Å². The SMILES string of the molecule is C[C@H](NC(=O)Nc1ccc(Cl)cc1)c1ccc(N2CCOCC2)cc1. The van der Waals surface area contributed by atoms with Crippen LogP contribution in [0, 0.1) is 0 Å². The van der Waals surface area contributed by atoms with Gasteiger partial charge in [-0.2, -0.15) is 0 Å². The molecule has 0 radical (unpaired) electrons. The number of amides is 2. The summed E-state index contributed by atoms with van der Waals surface area (Å²) in [5.74, 6) is 0. The number of carbonyl (C=O) groups excluding carboxylic acids is 1. The van der Waals surface area contributed by atoms with Gasteiger partial charge in [-0.15, -0.1) is 0 Å². The highest BCUT2D eigenvalue weighted by molar-refractivity contribution is 6.30. The Morgan fingerprint density at radius 2 is 1.72 bits per heavy atom. The molecule has 0 bridgehead atoms. The largest absolute Gasteiger partial charge is 0.378 e. The maximum Gasteiger partial charge on any atom is 0.319 e. The Bertz CT molecular complexity index is 698. The minimum atomic E-state index is -0.243. The van der Waals surface area contributed by atoms with Crippen molar-refractivity contribution in [2.45, 2.75) is 13.0 Å². The van der Waals surface area contributed by atoms with Gasteiger partial charge in [0.25, 0.3) is 0 Å². The molecule has 132 valence electrons. The number of anilines is 2. The van der Waals surface area contributed by atoms with Crippen molar-refractivity contribution in [2.24, 2.45) is 0 Å². The van der Waals surface area contributed by atoms with Crippen LogP contribution < -0.4 is 15.5 Å². The van der Waals surface area contributed by atoms with Gasteiger partial charge in [0.15, 0.2) is 0 Å². The lowest BCUT2D eigenvalue weighted by atomic mass is 10.1. The first kappa shape index (κ1) is 17.6. The summed E-state index contributed by atoms with van der Waals surface area (Å²) < 4.78 is 5.38. The molecular weight excluding hydrogens is 338 g/mol. The third kappa shape index (κ3) is 4.87. The maximum absolute atomic E-state index is 12.1. The molecule has 0 aromatic heterocycles. The first-order chi connectivity index (χ1) is 12.1. The second-order valence-electron chi connectivity index (χ2n) is 6.02. The van der Waals surface area contributed by atoms with Crippen molar-refractivity contribution in [3.8, 4) is 0 Å². The number of urea groups is 1. The number of nitrogens with one attached hydrogen (secondary N) is 2. The summed E-state index contributed by atoms with van der Waals surface area (Å²) in [7, 11) is 0. The molecule has 0 aliphatic carbocycles. The van der Waals surface area contributed by atoms with Gasteiger partial charge >= 0.3 is 6.03 Å². The van der Waals surface area contributed by atoms with E-state index < -0.39 is 0 Å². The van der Waals surface area contributed by atoms with Gasteiger partial charge in [0.1, 0.15) is 0 Å². The van der Waals surface area contributed by atoms with Gasteiger partial charge in [0.2, 0.25) is 0 Å². The van der Waals surface area contributed by atoms with E-state index in [1.54, 1.807) is 24.3 Å². The molecule has 6 heteroatoms. The number of morpholine rings is 1. The van der Waals surface area contributed by atoms with Crippen LogP contribution in [-0.4, -0.2) is 32.3 Å². The fourth-order valence-electron chi connectivity index (χ4n) is 2.78. The number of benzene rings is 2. The van der Waals surface area contributed by atoms with Crippen LogP contribution in [0.25, 0.3) is 0 Å². The van der Waals surface area contributed by atoms with Crippen LogP contribution in [0.1, 0.15) is 18.5 Å². The van der Waals surface area contributed by atoms with Gasteiger partial charge < -0.3 is 20.3 Å². The molecule has 1 saturated heterocycles. The number of ether oxygens (including phenoxy) is 1. The lowest BCUT2D eigenvalue weighted by Gasteiger charge is -2.29. The number of hydrogen-bond acceptors (Lipinski definition) is 3. The highest BCUT2D eigenvalue weighted by Crippen LogP contribution is 2.20. The summed E-state index contributed by atoms with van der Waals surface area (Å²) in [5.41, 5.74) is 2.95. The van der Waals surface area contributed by atoms with E-state index in [9.17, 15) is 4.79 Å². The zero-order chi connectivity index (χ0) is 17.6. The average Bonchev–Trinajstić information content (AvgIpc) is 2.64. The molecule has 2 aromatic carbocycles. The van der Waals surface area contributed by atoms with E-state index in [1.165, 1.54) is 5.69 Å². The van der Waals surface area contributed by atoms with E-state index in [4.69, 9.17) is 16.3 Å². The quantitative estimate of drug-likeness (QED) is 0.865. The van der Waals surface area contributed by atoms with Crippen molar-refractivity contribution in [2.75, 3.05) is 36.5 Å². The van der Waals surface area contributed by atoms with Crippen molar-refractivity contribution in [3.63, 3.8) is 0 Å². The summed E-state index contributed by atoms with van der Waals surface area (Å²) in [6.45, 7) is 5.33. The summed E-state index contributed by atoms with van der Waals surface area (Å²) in [6, 6.07) is 15.0. The molecule has 1 aliphatic heterocycles. The molecule has 1 atom stereocenters. The molecule has 1 aliphatic rings. The molecule has 3 rings (SSSR count). The minimum absolute atomic E-state index is 0.0916. The number of carbonyl (C=O) groups is 1. The fraction of sp³-hybridized carbons (Fsp3) is 0.316. The average molecular weight is 360 g/mol. The van der Waals surface area contributed by atoms with E-state index in [-0.39, 0.29) is 12.1 Å². The summed E-state index contributed by atoms with van der Waals surface area (Å²) >= 11 is 5.84. The molecule has 2 N–H and O–H groups in total. The van der Waals surface area contributed by atoms with Crippen LogP contribution in [0.4, 0.5) is 16.2 Å². The smallest absolute Gasteiger partial charge is 0.319 e. The second-order valence-corrected chi connectivity index (χ2v) is 6.45. The van der Waals surface area contributed by atoms with E-state index >= 15 is 0 Å². The molecule has 1 fully saturated rings. The van der Waals surface area contributed by atoms with Crippen molar-refractivity contribution in [1.82, 2.24) is 5.32 Å². The number of nitrogens with zero attached hydrogens (tertiary/aromatic N) is 1. The molecule has 2 amide bonds. The zero-order valence-electron chi connectivity index (χ0n) is 14.2. The lowest BCUT2D eigenvalue weighted by molar-refractivity contribution is 0.122. The standard InChI is InChI=1S/C19H22ClN3O2/c1-14(21-19(24)22-17-6-4-16(20)5-7-17)15-2-8-18(9-3-15)23-10-12-25-13-11-23/h2-9,14H,10-13H2,1H3,(H2,21,22,24)/t14-/m0/s1. The van der Waals surface area contributed by atoms with Gasteiger partial charge in [-0.25, -0.2) is 4.79 Å². The van der Waals surface area contributed by atoms with Crippen molar-refractivity contribution in [3.05, 3.63) is 59.1 Å². The maximum atomic E-state index is 12.1. The molecule has 1 heterocycles. The topological polar surface area (TPSA) is 53.6 Å². The molecule has 5 nitrogen and oxygen atoms in total. The zero-order valence-corrected chi connectivity index (χ0v) is 14.9. The van der Waals surface area contributed by atoms with Crippen LogP contribution in [0.15, 0.2) is 48.5 Å². The predicted octanol–water partition coefficient (Wildman–Crippen LogP) is 4.06. The Hall–Kier alpha value is -2.24. The van der Waals surface area contributed by atoms with Crippen LogP contribution >= 0.6 is 11.6 Å². The first-order valence-electron chi connectivity index (χ1n) is 8.37. The Morgan fingerprint density at radius 1 is 1.08 bits per heavy atom. The molecule has 25 heavy (non-hydrogen) atoms. The van der Waals surface area contributed by atoms with Crippen molar-refractivity contribution < 1.29 is 9.53 Å². The third-order valence-electron chi connectivity index (χ3n) is 4.22. The first-order valence-corrected chi connectivity index (χ1v) is 8.75. The van der Waals surface area contributed by atoms with Crippen molar-refractivity contribution in [1.29, 1.82) is 0 Å². The van der Waals surface area contributed by atoms with Gasteiger partial charge in [0, 0.05) is 29.5 Å². The van der Waals surface area contributed by atoms with Crippen LogP contribution in [0.5, 0.6) is 0 Å². The van der Waals surface area contributed by atoms with E-state index in [0.29, 0.717) is 10.7 Å². The summed E-state index contributed by atoms with van der Waals surface area (Å²) in [5, 5.41) is 6.38. The third-order valence-corrected chi connectivity index (χ3v) is 4.47. The predicted molar refractivity (Wildman–Crippen MR) is 101 cm³/mol. The Balaban J connectivity index is 1.55. The number of halogens is 1. The van der Waals surface area contributed by atoms with Gasteiger partial charge in [-0.1, -0.05) is 23.7 Å². The normalized spacial score (nSPS) is 15.5. The molecule has 0 spiro atoms. The fourth-order valence-corrected chi connectivity index (χ4v) is 2.90. The molecule has 2 aromatic rings. The van der Waals surface area contributed by atoms with Crippen LogP contribution in [-0.2, 0) is 4.74 Å². The Morgan fingerprint density at radius 3 is 2.36 bits per heavy atom.